The van der Waals surface area contributed by atoms with Gasteiger partial charge in [0.15, 0.2) is 0 Å². The first kappa shape index (κ1) is 50.9. The number of hydrogen-bond donors (Lipinski definition) is 4. The van der Waals surface area contributed by atoms with Crippen LogP contribution < -0.4 is 0 Å². The average molecular weight is 951 g/mol. The van der Waals surface area contributed by atoms with Gasteiger partial charge >= 0.3 is 14.9 Å². The molecule has 0 aliphatic heterocycles. The van der Waals surface area contributed by atoms with Crippen molar-refractivity contribution < 1.29 is 36.2 Å². The minimum absolute atomic E-state index is 0.244. The molecular formula is C56H60B2F4N4O4. The van der Waals surface area contributed by atoms with Crippen molar-refractivity contribution in [2.75, 3.05) is 0 Å². The molecule has 7 rings (SSSR count). The van der Waals surface area contributed by atoms with E-state index in [1.165, 1.54) is 0 Å². The summed E-state index contributed by atoms with van der Waals surface area (Å²) in [6.45, 7) is 15.8. The lowest BCUT2D eigenvalue weighted by Crippen LogP contribution is -2.09. The molecular weight excluding hydrogens is 890 g/mol. The number of hydrogen-bond acceptors (Lipinski definition) is 4. The van der Waals surface area contributed by atoms with Crippen LogP contribution in [0.4, 0.5) is 17.3 Å². The molecule has 4 N–H and O–H groups in total. The number of nitrogens with one attached hydrogen (secondary N) is 4. The Labute approximate surface area is 408 Å². The Balaban J connectivity index is 1.29. The first-order valence-electron chi connectivity index (χ1n) is 24.4. The summed E-state index contributed by atoms with van der Waals surface area (Å²) in [5, 5.41) is 0. The van der Waals surface area contributed by atoms with Crippen LogP contribution in [0.1, 0.15) is 132 Å². The Morgan fingerprint density at radius 3 is 0.971 bits per heavy atom. The van der Waals surface area contributed by atoms with E-state index in [2.05, 4.69) is 19.9 Å². The van der Waals surface area contributed by atoms with Gasteiger partial charge in [-0.2, -0.15) is 0 Å². The van der Waals surface area contributed by atoms with E-state index < -0.39 is 26.5 Å². The topological polar surface area (TPSA) is 116 Å². The van der Waals surface area contributed by atoms with Crippen LogP contribution in [0.2, 0.25) is 0 Å². The van der Waals surface area contributed by atoms with Crippen molar-refractivity contribution in [2.24, 2.45) is 0 Å². The van der Waals surface area contributed by atoms with Crippen LogP contribution in [0.3, 0.4) is 0 Å². The van der Waals surface area contributed by atoms with Crippen LogP contribution in [0, 0.1) is 0 Å². The summed E-state index contributed by atoms with van der Waals surface area (Å²) in [4.78, 5) is 42.4. The van der Waals surface area contributed by atoms with Gasteiger partial charge in [0.05, 0.1) is 22.8 Å². The number of carbonyl (C=O) groups excluding carboxylic acids is 2. The van der Waals surface area contributed by atoms with Crippen molar-refractivity contribution in [1.29, 1.82) is 0 Å². The molecule has 0 aliphatic rings. The smallest absolute Gasteiger partial charge is 0.503 e. The molecule has 0 amide bonds. The van der Waals surface area contributed by atoms with E-state index in [4.69, 9.17) is 9.31 Å². The normalized spacial score (nSPS) is 11.9. The van der Waals surface area contributed by atoms with Crippen molar-refractivity contribution in [2.45, 2.75) is 107 Å². The van der Waals surface area contributed by atoms with Crippen LogP contribution >= 0.6 is 0 Å². The van der Waals surface area contributed by atoms with Gasteiger partial charge in [-0.15, -0.1) is 0 Å². The molecule has 4 heterocycles. The van der Waals surface area contributed by atoms with E-state index in [0.717, 1.165) is 90.3 Å². The number of halogens is 4. The van der Waals surface area contributed by atoms with Crippen LogP contribution in [0.5, 0.6) is 0 Å². The minimum Gasteiger partial charge on any atom is -0.503 e. The van der Waals surface area contributed by atoms with Gasteiger partial charge in [0.25, 0.3) is 0 Å². The molecule has 70 heavy (non-hydrogen) atoms. The van der Waals surface area contributed by atoms with Gasteiger partial charge in [0, 0.05) is 34.9 Å². The zero-order chi connectivity index (χ0) is 50.2. The monoisotopic (exact) mass is 950 g/mol. The second kappa shape index (κ2) is 22.6. The first-order valence-corrected chi connectivity index (χ1v) is 24.4. The average Bonchev–Trinajstić information content (AvgIpc) is 4.15. The molecule has 7 aromatic rings. The lowest BCUT2D eigenvalue weighted by Gasteiger charge is -2.10. The predicted octanol–water partition coefficient (Wildman–Crippen LogP) is 14.5. The van der Waals surface area contributed by atoms with E-state index in [1.807, 2.05) is 140 Å². The Hall–Kier alpha value is -6.95. The summed E-state index contributed by atoms with van der Waals surface area (Å²) in [5.41, 5.74) is 14.4. The Morgan fingerprint density at radius 2 is 0.671 bits per heavy atom. The van der Waals surface area contributed by atoms with E-state index in [1.54, 1.807) is 0 Å². The highest BCUT2D eigenvalue weighted by atomic mass is 19.2. The summed E-state index contributed by atoms with van der Waals surface area (Å²) >= 11 is 0. The largest absolute Gasteiger partial charge is 0.796 e. The molecule has 0 atom stereocenters. The molecule has 362 valence electrons. The summed E-state index contributed by atoms with van der Waals surface area (Å²) in [5.74, 6) is -1.51. The molecule has 0 aliphatic carbocycles. The van der Waals surface area contributed by atoms with E-state index in [9.17, 15) is 26.9 Å². The number of carbonyl (C=O) groups is 2. The molecule has 0 saturated carbocycles. The van der Waals surface area contributed by atoms with Gasteiger partial charge in [0.2, 0.25) is 11.6 Å². The third kappa shape index (κ3) is 10.2. The summed E-state index contributed by atoms with van der Waals surface area (Å²) in [7, 11) is -6.36. The van der Waals surface area contributed by atoms with Crippen LogP contribution in [0.15, 0.2) is 97.1 Å². The molecule has 0 unspecified atom stereocenters. The van der Waals surface area contributed by atoms with Gasteiger partial charge in [-0.1, -0.05) is 134 Å². The molecule has 0 radical (unpaired) electrons. The molecule has 14 heteroatoms. The highest BCUT2D eigenvalue weighted by Gasteiger charge is 2.30. The molecule has 3 aromatic carbocycles. The highest BCUT2D eigenvalue weighted by Crippen LogP contribution is 2.39. The first-order chi connectivity index (χ1) is 33.9. The SMILES string of the molecule is CCc1c(C(=O)/C=C(\OB(F)F)c2[nH]c(-c3ccccc3)c(CC)c2CC)[nH]c(-c2cccc(-c3[nH]c(C(=O)/C=C(\OB(F)F)c4[nH]c(-c5ccccc5)c(CC)c4CC)c(CC)c3CC)c2)c1CC. The zero-order valence-corrected chi connectivity index (χ0v) is 41.2. The van der Waals surface area contributed by atoms with Crippen LogP contribution in [0.25, 0.3) is 56.5 Å². The van der Waals surface area contributed by atoms with E-state index >= 15 is 0 Å². The van der Waals surface area contributed by atoms with Gasteiger partial charge in [-0.3, -0.25) is 9.59 Å². The highest BCUT2D eigenvalue weighted by molar-refractivity contribution is 6.36. The molecule has 0 saturated heterocycles. The number of allylic oxidation sites excluding steroid dienone is 2. The summed E-state index contributed by atoms with van der Waals surface area (Å²) in [6.07, 6.45) is 6.74. The predicted molar refractivity (Wildman–Crippen MR) is 276 cm³/mol. The number of aromatic nitrogens is 4. The van der Waals surface area contributed by atoms with Crippen molar-refractivity contribution in [3.05, 3.63) is 164 Å². The van der Waals surface area contributed by atoms with Crippen molar-refractivity contribution in [3.8, 4) is 45.0 Å². The maximum atomic E-state index is 14.5. The lowest BCUT2D eigenvalue weighted by atomic mass is 9.95. The second-order valence-corrected chi connectivity index (χ2v) is 17.0. The standard InChI is InChI=1S/C56H60B2F4N4O4/c1-9-37-41(13-5)53(45(67)31-47(69-57(59)60)55-43(15-7)39(11-3)49(65-55)33-24-19-17-20-25-33)63-51(37)35-28-23-29-36(30-35)52-38(10-2)42(14-6)54(64-52)46(68)32-48(70-58(61)62)56-44(16-8)40(12-4)50(66-56)34-26-21-18-22-27-34/h17-32,63-66H,9-16H2,1-8H3/b47-31-,48-32-. The molecule has 8 nitrogen and oxygen atoms in total. The third-order valence-corrected chi connectivity index (χ3v) is 13.2. The second-order valence-electron chi connectivity index (χ2n) is 17.0. The fourth-order valence-corrected chi connectivity index (χ4v) is 10.2. The van der Waals surface area contributed by atoms with Gasteiger partial charge in [-0.05, 0) is 124 Å². The minimum atomic E-state index is -3.18. The fourth-order valence-electron chi connectivity index (χ4n) is 10.2. The quantitative estimate of drug-likeness (QED) is 0.0178. The van der Waals surface area contributed by atoms with Crippen molar-refractivity contribution in [3.63, 3.8) is 0 Å². The third-order valence-electron chi connectivity index (χ3n) is 13.2. The molecule has 0 bridgehead atoms. The summed E-state index contributed by atoms with van der Waals surface area (Å²) in [6, 6.07) is 27.0. The van der Waals surface area contributed by atoms with E-state index in [-0.39, 0.29) is 22.9 Å². The van der Waals surface area contributed by atoms with Crippen molar-refractivity contribution >= 4 is 38.0 Å². The van der Waals surface area contributed by atoms with Gasteiger partial charge in [-0.25, -0.2) is 17.3 Å². The lowest BCUT2D eigenvalue weighted by molar-refractivity contribution is 0.103. The number of ketones is 2. The number of aromatic amines is 4. The number of H-pyrrole nitrogens is 4. The zero-order valence-electron chi connectivity index (χ0n) is 41.2. The van der Waals surface area contributed by atoms with Crippen molar-refractivity contribution in [1.82, 2.24) is 19.9 Å². The maximum Gasteiger partial charge on any atom is 0.796 e. The van der Waals surface area contributed by atoms with Gasteiger partial charge in [0.1, 0.15) is 11.5 Å². The summed E-state index contributed by atoms with van der Waals surface area (Å²) < 4.78 is 67.1. The number of rotatable bonds is 22. The van der Waals surface area contributed by atoms with Gasteiger partial charge < -0.3 is 29.2 Å². The Bertz CT molecular complexity index is 2840. The van der Waals surface area contributed by atoms with Crippen LogP contribution in [-0.4, -0.2) is 46.4 Å². The molecule has 4 aromatic heterocycles. The molecule has 0 fully saturated rings. The Kier molecular flexibility index (Phi) is 16.5. The maximum absolute atomic E-state index is 14.5. The van der Waals surface area contributed by atoms with E-state index in [0.29, 0.717) is 74.1 Å². The molecule has 0 spiro atoms. The van der Waals surface area contributed by atoms with Crippen LogP contribution in [-0.2, 0) is 60.7 Å². The number of benzene rings is 3. The fraction of sp³-hybridized carbons (Fsp3) is 0.286. The Morgan fingerprint density at radius 1 is 0.400 bits per heavy atom.